The van der Waals surface area contributed by atoms with Gasteiger partial charge in [0.05, 0.1) is 5.52 Å². The molecule has 0 bridgehead atoms. The Morgan fingerprint density at radius 1 is 0.634 bits per heavy atom. The molecule has 1 aromatic heterocycles. The molecule has 3 nitrogen and oxygen atoms in total. The number of rotatable bonds is 10. The smallest absolute Gasteiger partial charge is 0.384 e. The average molecular weight is 646 g/mol. The summed E-state index contributed by atoms with van der Waals surface area (Å²) < 4.78 is 0. The van der Waals surface area contributed by atoms with Gasteiger partial charge in [-0.1, -0.05) is 11.6 Å². The van der Waals surface area contributed by atoms with E-state index in [0.717, 1.165) is 60.6 Å². The zero-order chi connectivity index (χ0) is 27.0. The van der Waals surface area contributed by atoms with Crippen molar-refractivity contribution in [3.05, 3.63) is 163 Å². The third kappa shape index (κ3) is 14.4. The SMILES string of the molecule is Clc1ccc2c(NCCCCN(C[C]3[CH][CH][CH][CH]3)C[C]3[CH][CH][CH][CH]3)ccnc2c1.[CH]1[CH][CH][CH][CH]1.[CH]1[CH][CH][CH][CH]1.[Fe+2].[Fe+2]. The second-order valence-electron chi connectivity index (χ2n) is 9.38. The molecule has 41 heavy (non-hydrogen) atoms. The van der Waals surface area contributed by atoms with Crippen molar-refractivity contribution >= 4 is 28.2 Å². The van der Waals surface area contributed by atoms with Gasteiger partial charge in [0.1, 0.15) is 0 Å². The van der Waals surface area contributed by atoms with Gasteiger partial charge in [-0.25, -0.2) is 0 Å². The predicted molar refractivity (Wildman–Crippen MR) is 165 cm³/mol. The van der Waals surface area contributed by atoms with Gasteiger partial charge in [0.15, 0.2) is 0 Å². The van der Waals surface area contributed by atoms with Crippen LogP contribution in [0.1, 0.15) is 12.8 Å². The molecule has 2 aromatic rings. The number of fused-ring (bicyclic) bond motifs is 1. The van der Waals surface area contributed by atoms with Crippen LogP contribution in [0.2, 0.25) is 5.02 Å². The number of halogens is 1. The summed E-state index contributed by atoms with van der Waals surface area (Å²) in [5.74, 6) is 2.77. The van der Waals surface area contributed by atoms with E-state index in [9.17, 15) is 0 Å². The standard InChI is InChI=1S/C25H26ClN3.2C5H5.2Fe/c26-22-11-12-23-24(13-15-28-25(23)17-22)27-14-5-6-16-29(18-20-7-1-2-8-20)19-21-9-3-4-10-21;2*1-2-4-5-3-1;;/h1-4,7-13,15,17H,5-6,14,16,18-19H2,(H,27,28);2*1-5H;;/q;;;2*+2. The van der Waals surface area contributed by atoms with E-state index in [0.29, 0.717) is 0 Å². The zero-order valence-corrected chi connectivity index (χ0v) is 26.0. The van der Waals surface area contributed by atoms with Crippen molar-refractivity contribution in [3.63, 3.8) is 0 Å². The van der Waals surface area contributed by atoms with Crippen LogP contribution in [-0.4, -0.2) is 36.1 Å². The van der Waals surface area contributed by atoms with E-state index in [1.54, 1.807) is 0 Å². The van der Waals surface area contributed by atoms with Crippen LogP contribution in [0.25, 0.3) is 10.9 Å². The van der Waals surface area contributed by atoms with Gasteiger partial charge in [-0.2, -0.15) is 0 Å². The van der Waals surface area contributed by atoms with E-state index in [-0.39, 0.29) is 34.1 Å². The zero-order valence-electron chi connectivity index (χ0n) is 23.0. The molecule has 0 amide bonds. The molecule has 0 saturated heterocycles. The van der Waals surface area contributed by atoms with Gasteiger partial charge in [0, 0.05) is 41.9 Å². The normalized spacial score (nSPS) is 18.8. The van der Waals surface area contributed by atoms with Crippen LogP contribution in [0.15, 0.2) is 30.5 Å². The molecule has 4 aliphatic carbocycles. The average Bonchev–Trinajstić information content (AvgIpc) is 3.79. The first kappa shape index (κ1) is 36.9. The Labute approximate surface area is 278 Å². The minimum absolute atomic E-state index is 0. The quantitative estimate of drug-likeness (QED) is 0.218. The molecular weight excluding hydrogens is 610 g/mol. The van der Waals surface area contributed by atoms with Gasteiger partial charge in [-0.15, -0.1) is 0 Å². The number of hydrogen-bond acceptors (Lipinski definition) is 3. The Kier molecular flexibility index (Phi) is 20.0. The molecule has 210 valence electrons. The van der Waals surface area contributed by atoms with Gasteiger partial charge in [-0.3, -0.25) is 4.98 Å². The maximum Gasteiger partial charge on any atom is 2.00 e. The molecule has 0 atom stereocenters. The number of unbranched alkanes of at least 4 members (excludes halogenated alkanes) is 1. The minimum atomic E-state index is 0. The molecule has 4 fully saturated rings. The van der Waals surface area contributed by atoms with Gasteiger partial charge < -0.3 is 10.2 Å². The molecule has 6 heteroatoms. The Hall–Kier alpha value is -0.281. The number of anilines is 1. The monoisotopic (exact) mass is 645 g/mol. The predicted octanol–water partition coefficient (Wildman–Crippen LogP) is 7.23. The van der Waals surface area contributed by atoms with Crippen molar-refractivity contribution < 1.29 is 34.1 Å². The summed E-state index contributed by atoms with van der Waals surface area (Å²) in [6.07, 6.45) is 41.4. The molecule has 6 rings (SSSR count). The Balaban J connectivity index is 0.000000412. The van der Waals surface area contributed by atoms with E-state index in [1.165, 1.54) is 11.8 Å². The van der Waals surface area contributed by atoms with E-state index in [2.05, 4.69) is 66.6 Å². The first-order valence-electron chi connectivity index (χ1n) is 13.5. The van der Waals surface area contributed by atoms with Crippen LogP contribution in [0.4, 0.5) is 5.69 Å². The molecule has 1 N–H and O–H groups in total. The molecule has 4 saturated carbocycles. The minimum Gasteiger partial charge on any atom is -0.384 e. The number of benzene rings is 1. The summed E-state index contributed by atoms with van der Waals surface area (Å²) >= 11 is 6.08. The number of aromatic nitrogens is 1. The summed E-state index contributed by atoms with van der Waals surface area (Å²) in [6, 6.07) is 7.90. The summed E-state index contributed by atoms with van der Waals surface area (Å²) in [6.45, 7) is 4.04. The van der Waals surface area contributed by atoms with Crippen LogP contribution in [0.5, 0.6) is 0 Å². The van der Waals surface area contributed by atoms with Crippen molar-refractivity contribution in [3.8, 4) is 0 Å². The van der Waals surface area contributed by atoms with E-state index in [1.807, 2.05) is 94.7 Å². The number of nitrogens with one attached hydrogen (secondary N) is 1. The van der Waals surface area contributed by atoms with Crippen LogP contribution >= 0.6 is 11.6 Å². The number of nitrogens with zero attached hydrogens (tertiary/aromatic N) is 2. The Bertz CT molecular complexity index is 880. The Morgan fingerprint density at radius 3 is 1.66 bits per heavy atom. The van der Waals surface area contributed by atoms with E-state index >= 15 is 0 Å². The first-order valence-corrected chi connectivity index (χ1v) is 13.9. The molecule has 1 aromatic carbocycles. The van der Waals surface area contributed by atoms with Gasteiger partial charge in [0.2, 0.25) is 0 Å². The summed E-state index contributed by atoms with van der Waals surface area (Å²) in [5, 5.41) is 5.41. The maximum atomic E-state index is 6.08. The molecule has 1 heterocycles. The molecule has 4 aliphatic rings. The molecule has 20 radical (unpaired) electrons. The van der Waals surface area contributed by atoms with Crippen molar-refractivity contribution in [2.24, 2.45) is 0 Å². The second kappa shape index (κ2) is 22.3. The van der Waals surface area contributed by atoms with Crippen LogP contribution in [0.3, 0.4) is 0 Å². The van der Waals surface area contributed by atoms with Gasteiger partial charge >= 0.3 is 34.1 Å². The maximum absolute atomic E-state index is 6.08. The van der Waals surface area contributed by atoms with Crippen molar-refractivity contribution in [2.75, 3.05) is 31.5 Å². The van der Waals surface area contributed by atoms with Gasteiger partial charge in [-0.05, 0) is 171 Å². The fourth-order valence-corrected chi connectivity index (χ4v) is 4.54. The molecular formula is C35H36ClFe2N3+4. The van der Waals surface area contributed by atoms with Gasteiger partial charge in [0.25, 0.3) is 0 Å². The van der Waals surface area contributed by atoms with E-state index < -0.39 is 0 Å². The topological polar surface area (TPSA) is 28.2 Å². The number of pyridine rings is 1. The molecule has 0 aliphatic heterocycles. The second-order valence-corrected chi connectivity index (χ2v) is 9.81. The summed E-state index contributed by atoms with van der Waals surface area (Å²) in [5.41, 5.74) is 2.05. The van der Waals surface area contributed by atoms with Crippen molar-refractivity contribution in [1.82, 2.24) is 9.88 Å². The third-order valence-corrected chi connectivity index (χ3v) is 6.54. The largest absolute Gasteiger partial charge is 2.00 e. The van der Waals surface area contributed by atoms with Crippen LogP contribution < -0.4 is 5.32 Å². The fourth-order valence-electron chi connectivity index (χ4n) is 4.37. The third-order valence-electron chi connectivity index (χ3n) is 6.31. The fraction of sp³-hybridized carbons (Fsp3) is 0.171. The van der Waals surface area contributed by atoms with Crippen LogP contribution in [0, 0.1) is 127 Å². The van der Waals surface area contributed by atoms with E-state index in [4.69, 9.17) is 11.6 Å². The molecule has 0 unspecified atom stereocenters. The van der Waals surface area contributed by atoms with Crippen LogP contribution in [-0.2, 0) is 34.1 Å². The molecule has 0 spiro atoms. The van der Waals surface area contributed by atoms with Crippen molar-refractivity contribution in [1.29, 1.82) is 0 Å². The summed E-state index contributed by atoms with van der Waals surface area (Å²) in [7, 11) is 0. The summed E-state index contributed by atoms with van der Waals surface area (Å²) in [4.78, 5) is 6.95. The Morgan fingerprint density at radius 2 is 1.15 bits per heavy atom. The first-order chi connectivity index (χ1) is 19.3. The van der Waals surface area contributed by atoms with Crippen molar-refractivity contribution in [2.45, 2.75) is 12.8 Å². The number of hydrogen-bond donors (Lipinski definition) is 1.